The number of hydrogen-bond donors (Lipinski definition) is 2. The molecule has 0 saturated carbocycles. The van der Waals surface area contributed by atoms with Crippen LogP contribution in [0.25, 0.3) is 0 Å². The molecular weight excluding hydrogens is 458 g/mol. The lowest BCUT2D eigenvalue weighted by Crippen LogP contribution is -2.23. The number of nitrogens with zero attached hydrogens (tertiary/aromatic N) is 1. The molecule has 0 saturated heterocycles. The topological polar surface area (TPSA) is 128 Å². The maximum Gasteiger partial charge on any atom is 0.339 e. The number of carbonyl (C=O) groups is 3. The van der Waals surface area contributed by atoms with Gasteiger partial charge in [-0.05, 0) is 49.4 Å². The Bertz CT molecular complexity index is 1230. The Labute approximate surface area is 199 Å². The van der Waals surface area contributed by atoms with Crippen molar-refractivity contribution in [2.24, 2.45) is 0 Å². The van der Waals surface area contributed by atoms with E-state index >= 15 is 0 Å². The number of nitro benzene ring substituents is 1. The van der Waals surface area contributed by atoms with Gasteiger partial charge in [0.05, 0.1) is 28.5 Å². The number of nitrogens with one attached hydrogen (secondary N) is 2. The molecule has 2 amide bonds. The van der Waals surface area contributed by atoms with Gasteiger partial charge in [-0.1, -0.05) is 18.2 Å². The van der Waals surface area contributed by atoms with E-state index in [2.05, 4.69) is 10.6 Å². The van der Waals surface area contributed by atoms with Gasteiger partial charge in [-0.15, -0.1) is 11.8 Å². The van der Waals surface area contributed by atoms with E-state index in [0.717, 1.165) is 4.90 Å². The van der Waals surface area contributed by atoms with Gasteiger partial charge >= 0.3 is 5.97 Å². The fourth-order valence-corrected chi connectivity index (χ4v) is 3.82. The van der Waals surface area contributed by atoms with Crippen LogP contribution in [-0.2, 0) is 9.53 Å². The molecule has 3 rings (SSSR count). The normalized spacial score (nSPS) is 11.2. The Hall–Kier alpha value is -4.18. The maximum atomic E-state index is 12.6. The minimum atomic E-state index is -0.561. The average Bonchev–Trinajstić information content (AvgIpc) is 2.85. The molecule has 0 aliphatic carbocycles. The minimum absolute atomic E-state index is 0.166. The predicted octanol–water partition coefficient (Wildman–Crippen LogP) is 4.75. The Morgan fingerprint density at radius 2 is 1.68 bits per heavy atom. The summed E-state index contributed by atoms with van der Waals surface area (Å²) in [6.07, 6.45) is 0. The van der Waals surface area contributed by atoms with Gasteiger partial charge in [0.15, 0.2) is 0 Å². The second-order valence-corrected chi connectivity index (χ2v) is 8.49. The summed E-state index contributed by atoms with van der Waals surface area (Å²) in [6.45, 7) is 1.73. The molecule has 0 spiro atoms. The molecule has 0 heterocycles. The van der Waals surface area contributed by atoms with Crippen molar-refractivity contribution in [3.05, 3.63) is 94.0 Å². The summed E-state index contributed by atoms with van der Waals surface area (Å²) in [7, 11) is 1.27. The molecule has 0 radical (unpaired) electrons. The number of nitro groups is 1. The number of non-ortho nitro benzene ring substituents is 1. The molecule has 0 aliphatic rings. The zero-order valence-corrected chi connectivity index (χ0v) is 19.1. The van der Waals surface area contributed by atoms with Gasteiger partial charge < -0.3 is 15.4 Å². The fraction of sp³-hybridized carbons (Fsp3) is 0.125. The number of hydrogen-bond acceptors (Lipinski definition) is 7. The third-order valence-electron chi connectivity index (χ3n) is 4.70. The molecule has 0 bridgehead atoms. The Kier molecular flexibility index (Phi) is 7.99. The molecular formula is C24H21N3O6S. The number of thioether (sulfide) groups is 1. The fourth-order valence-electron chi connectivity index (χ4n) is 2.95. The van der Waals surface area contributed by atoms with E-state index in [1.807, 2.05) is 0 Å². The Balaban J connectivity index is 1.60. The standard InChI is InChI=1S/C24H21N3O6S/c1-15(22(28)26-21-9-4-3-8-20(21)24(30)33-2)34-19-12-10-17(11-13-19)25-23(29)16-6-5-7-18(14-16)27(31)32/h3-15H,1-2H3,(H,25,29)(H,26,28). The van der Waals surface area contributed by atoms with Crippen molar-refractivity contribution in [2.75, 3.05) is 17.7 Å². The number of rotatable bonds is 8. The summed E-state index contributed by atoms with van der Waals surface area (Å²) in [5.74, 6) is -1.30. The molecule has 3 aromatic rings. The molecule has 174 valence electrons. The van der Waals surface area contributed by atoms with Gasteiger partial charge in [0, 0.05) is 28.3 Å². The van der Waals surface area contributed by atoms with E-state index in [0.29, 0.717) is 11.4 Å². The molecule has 0 aromatic heterocycles. The molecule has 10 heteroatoms. The Morgan fingerprint density at radius 3 is 2.35 bits per heavy atom. The summed E-state index contributed by atoms with van der Waals surface area (Å²) >= 11 is 1.30. The van der Waals surface area contributed by atoms with Crippen LogP contribution in [0.3, 0.4) is 0 Å². The van der Waals surface area contributed by atoms with E-state index in [-0.39, 0.29) is 22.7 Å². The van der Waals surface area contributed by atoms with E-state index < -0.39 is 22.0 Å². The third kappa shape index (κ3) is 6.20. The van der Waals surface area contributed by atoms with Crippen molar-refractivity contribution in [3.63, 3.8) is 0 Å². The lowest BCUT2D eigenvalue weighted by atomic mass is 10.2. The highest BCUT2D eigenvalue weighted by Crippen LogP contribution is 2.26. The molecule has 0 aliphatic heterocycles. The van der Waals surface area contributed by atoms with Crippen LogP contribution in [0.2, 0.25) is 0 Å². The molecule has 0 fully saturated rings. The Morgan fingerprint density at radius 1 is 0.971 bits per heavy atom. The second kappa shape index (κ2) is 11.1. The first kappa shape index (κ1) is 24.5. The first-order valence-electron chi connectivity index (χ1n) is 10.1. The largest absolute Gasteiger partial charge is 0.465 e. The third-order valence-corrected chi connectivity index (χ3v) is 5.82. The van der Waals surface area contributed by atoms with Crippen molar-refractivity contribution in [3.8, 4) is 0 Å². The van der Waals surface area contributed by atoms with Crippen molar-refractivity contribution in [1.82, 2.24) is 0 Å². The van der Waals surface area contributed by atoms with Crippen LogP contribution in [-0.4, -0.2) is 35.1 Å². The van der Waals surface area contributed by atoms with Crippen LogP contribution in [0, 0.1) is 10.1 Å². The van der Waals surface area contributed by atoms with Crippen LogP contribution < -0.4 is 10.6 Å². The number of ether oxygens (including phenoxy) is 1. The number of methoxy groups -OCH3 is 1. The van der Waals surface area contributed by atoms with Crippen molar-refractivity contribution in [1.29, 1.82) is 0 Å². The number of benzene rings is 3. The first-order chi connectivity index (χ1) is 16.3. The van der Waals surface area contributed by atoms with Crippen LogP contribution in [0.5, 0.6) is 0 Å². The van der Waals surface area contributed by atoms with Crippen LogP contribution >= 0.6 is 11.8 Å². The second-order valence-electron chi connectivity index (χ2n) is 7.07. The number of carbonyl (C=O) groups excluding carboxylic acids is 3. The van der Waals surface area contributed by atoms with E-state index in [9.17, 15) is 24.5 Å². The minimum Gasteiger partial charge on any atom is -0.465 e. The summed E-state index contributed by atoms with van der Waals surface area (Å²) < 4.78 is 4.74. The number of esters is 1. The van der Waals surface area contributed by atoms with Crippen LogP contribution in [0.1, 0.15) is 27.6 Å². The number of amides is 2. The highest BCUT2D eigenvalue weighted by Gasteiger charge is 2.18. The maximum absolute atomic E-state index is 12.6. The first-order valence-corrected chi connectivity index (χ1v) is 11.0. The van der Waals surface area contributed by atoms with Gasteiger partial charge in [-0.25, -0.2) is 4.79 Å². The van der Waals surface area contributed by atoms with Gasteiger partial charge in [0.1, 0.15) is 0 Å². The highest BCUT2D eigenvalue weighted by atomic mass is 32.2. The van der Waals surface area contributed by atoms with Crippen LogP contribution in [0.15, 0.2) is 77.7 Å². The molecule has 34 heavy (non-hydrogen) atoms. The SMILES string of the molecule is COC(=O)c1ccccc1NC(=O)C(C)Sc1ccc(NC(=O)c2cccc([N+](=O)[O-])c2)cc1. The van der Waals surface area contributed by atoms with E-state index in [1.54, 1.807) is 55.5 Å². The summed E-state index contributed by atoms with van der Waals surface area (Å²) in [5, 5.41) is 15.9. The summed E-state index contributed by atoms with van der Waals surface area (Å²) in [5.41, 5.74) is 1.14. The zero-order chi connectivity index (χ0) is 24.7. The summed E-state index contributed by atoms with van der Waals surface area (Å²) in [4.78, 5) is 48.0. The summed E-state index contributed by atoms with van der Waals surface area (Å²) in [6, 6.07) is 18.9. The molecule has 9 nitrogen and oxygen atoms in total. The highest BCUT2D eigenvalue weighted by molar-refractivity contribution is 8.00. The van der Waals surface area contributed by atoms with E-state index in [4.69, 9.17) is 4.74 Å². The number of para-hydroxylation sites is 1. The van der Waals surface area contributed by atoms with Gasteiger partial charge in [0.2, 0.25) is 5.91 Å². The molecule has 1 unspecified atom stereocenters. The number of anilines is 2. The van der Waals surface area contributed by atoms with Crippen molar-refractivity contribution in [2.45, 2.75) is 17.1 Å². The van der Waals surface area contributed by atoms with E-state index in [1.165, 1.54) is 43.1 Å². The van der Waals surface area contributed by atoms with Crippen LogP contribution in [0.4, 0.5) is 17.1 Å². The van der Waals surface area contributed by atoms with Crippen molar-refractivity contribution < 1.29 is 24.0 Å². The molecule has 3 aromatic carbocycles. The van der Waals surface area contributed by atoms with Gasteiger partial charge in [-0.3, -0.25) is 19.7 Å². The molecule has 2 N–H and O–H groups in total. The van der Waals surface area contributed by atoms with Gasteiger partial charge in [0.25, 0.3) is 11.6 Å². The quantitative estimate of drug-likeness (QED) is 0.206. The zero-order valence-electron chi connectivity index (χ0n) is 18.3. The molecule has 1 atom stereocenters. The lowest BCUT2D eigenvalue weighted by Gasteiger charge is -2.14. The predicted molar refractivity (Wildman–Crippen MR) is 129 cm³/mol. The van der Waals surface area contributed by atoms with Gasteiger partial charge in [-0.2, -0.15) is 0 Å². The monoisotopic (exact) mass is 479 g/mol. The smallest absolute Gasteiger partial charge is 0.339 e. The van der Waals surface area contributed by atoms with Crippen molar-refractivity contribution >= 4 is 46.6 Å². The lowest BCUT2D eigenvalue weighted by molar-refractivity contribution is -0.384. The average molecular weight is 480 g/mol.